The number of rotatable bonds is 9. The second-order valence-corrected chi connectivity index (χ2v) is 4.80. The minimum atomic E-state index is 0.0543. The van der Waals surface area contributed by atoms with Gasteiger partial charge < -0.3 is 19.5 Å². The monoisotopic (exact) mass is 267 g/mol. The van der Waals surface area contributed by atoms with Crippen molar-refractivity contribution < 1.29 is 14.2 Å². The molecule has 0 fully saturated rings. The van der Waals surface area contributed by atoms with Crippen LogP contribution in [0.4, 0.5) is 0 Å². The molecule has 0 spiro atoms. The van der Waals surface area contributed by atoms with Gasteiger partial charge in [-0.1, -0.05) is 26.0 Å². The molecule has 4 heteroatoms. The molecule has 1 rings (SSSR count). The Kier molecular flexibility index (Phi) is 7.48. The molecule has 0 aromatic heterocycles. The molecule has 0 aliphatic carbocycles. The minimum absolute atomic E-state index is 0.0543. The fourth-order valence-electron chi connectivity index (χ4n) is 1.70. The van der Waals surface area contributed by atoms with Crippen molar-refractivity contribution in [2.75, 3.05) is 27.4 Å². The maximum Gasteiger partial charge on any atom is 0.119 e. The molecule has 19 heavy (non-hydrogen) atoms. The Labute approximate surface area is 116 Å². The van der Waals surface area contributed by atoms with Gasteiger partial charge in [-0.05, 0) is 17.7 Å². The Balaban J connectivity index is 2.45. The molecule has 1 unspecified atom stereocenters. The van der Waals surface area contributed by atoms with Gasteiger partial charge in [0.1, 0.15) is 5.75 Å². The second-order valence-electron chi connectivity index (χ2n) is 4.80. The van der Waals surface area contributed by atoms with Crippen molar-refractivity contribution in [1.82, 2.24) is 5.32 Å². The number of hydrogen-bond donors (Lipinski definition) is 1. The zero-order valence-electron chi connectivity index (χ0n) is 12.3. The van der Waals surface area contributed by atoms with Crippen molar-refractivity contribution in [3.05, 3.63) is 29.8 Å². The van der Waals surface area contributed by atoms with Crippen LogP contribution in [0.1, 0.15) is 19.4 Å². The van der Waals surface area contributed by atoms with Gasteiger partial charge in [0.2, 0.25) is 0 Å². The molecule has 1 N–H and O–H groups in total. The fourth-order valence-corrected chi connectivity index (χ4v) is 1.70. The topological polar surface area (TPSA) is 39.7 Å². The third-order valence-corrected chi connectivity index (χ3v) is 2.73. The largest absolute Gasteiger partial charge is 0.497 e. The molecule has 108 valence electrons. The van der Waals surface area contributed by atoms with Crippen LogP contribution < -0.4 is 10.1 Å². The van der Waals surface area contributed by atoms with Gasteiger partial charge >= 0.3 is 0 Å². The Morgan fingerprint density at radius 1 is 1.21 bits per heavy atom. The summed E-state index contributed by atoms with van der Waals surface area (Å²) in [6.07, 6.45) is 0.0543. The molecule has 1 aromatic rings. The highest BCUT2D eigenvalue weighted by atomic mass is 16.5. The predicted molar refractivity (Wildman–Crippen MR) is 76.6 cm³/mol. The number of ether oxygens (including phenoxy) is 3. The molecule has 0 radical (unpaired) electrons. The zero-order valence-corrected chi connectivity index (χ0v) is 12.3. The second kappa shape index (κ2) is 8.91. The number of methoxy groups -OCH3 is 2. The highest BCUT2D eigenvalue weighted by molar-refractivity contribution is 5.27. The van der Waals surface area contributed by atoms with E-state index in [1.807, 2.05) is 24.3 Å². The van der Waals surface area contributed by atoms with E-state index >= 15 is 0 Å². The van der Waals surface area contributed by atoms with Gasteiger partial charge in [0.05, 0.1) is 26.4 Å². The summed E-state index contributed by atoms with van der Waals surface area (Å²) in [7, 11) is 3.36. The van der Waals surface area contributed by atoms with E-state index in [-0.39, 0.29) is 6.10 Å². The first-order valence-electron chi connectivity index (χ1n) is 6.62. The van der Waals surface area contributed by atoms with Crippen LogP contribution in [0.3, 0.4) is 0 Å². The summed E-state index contributed by atoms with van der Waals surface area (Å²) in [6.45, 7) is 6.17. The van der Waals surface area contributed by atoms with Crippen molar-refractivity contribution in [3.63, 3.8) is 0 Å². The van der Waals surface area contributed by atoms with Gasteiger partial charge in [-0.25, -0.2) is 0 Å². The summed E-state index contributed by atoms with van der Waals surface area (Å²) in [5, 5.41) is 3.36. The first kappa shape index (κ1) is 16.0. The SMILES string of the molecule is COCC(CNC(C)C)OCc1cccc(OC)c1. The third-order valence-electron chi connectivity index (χ3n) is 2.73. The van der Waals surface area contributed by atoms with Crippen LogP contribution in [0.5, 0.6) is 5.75 Å². The molecule has 1 aromatic carbocycles. The van der Waals surface area contributed by atoms with Crippen LogP contribution in [0.15, 0.2) is 24.3 Å². The van der Waals surface area contributed by atoms with E-state index in [1.165, 1.54) is 0 Å². The van der Waals surface area contributed by atoms with Crippen LogP contribution >= 0.6 is 0 Å². The van der Waals surface area contributed by atoms with Crippen LogP contribution in [0.2, 0.25) is 0 Å². The highest BCUT2D eigenvalue weighted by Crippen LogP contribution is 2.13. The average molecular weight is 267 g/mol. The van der Waals surface area contributed by atoms with E-state index in [2.05, 4.69) is 19.2 Å². The standard InChI is InChI=1S/C15H25NO3/c1-12(2)16-9-15(11-17-3)19-10-13-6-5-7-14(8-13)18-4/h5-8,12,15-16H,9-11H2,1-4H3. The third kappa shape index (κ3) is 6.57. The van der Waals surface area contributed by atoms with E-state index in [0.717, 1.165) is 17.9 Å². The number of nitrogens with one attached hydrogen (secondary N) is 1. The molecule has 0 aliphatic heterocycles. The van der Waals surface area contributed by atoms with Crippen molar-refractivity contribution in [3.8, 4) is 5.75 Å². The zero-order chi connectivity index (χ0) is 14.1. The molecule has 4 nitrogen and oxygen atoms in total. The Hall–Kier alpha value is -1.10. The van der Waals surface area contributed by atoms with E-state index in [9.17, 15) is 0 Å². The number of hydrogen-bond acceptors (Lipinski definition) is 4. The van der Waals surface area contributed by atoms with Gasteiger partial charge in [-0.3, -0.25) is 0 Å². The molecule has 0 bridgehead atoms. The predicted octanol–water partition coefficient (Wildman–Crippen LogP) is 2.22. The van der Waals surface area contributed by atoms with Gasteiger partial charge in [-0.2, -0.15) is 0 Å². The van der Waals surface area contributed by atoms with Crippen molar-refractivity contribution in [1.29, 1.82) is 0 Å². The molecule has 0 amide bonds. The van der Waals surface area contributed by atoms with Crippen LogP contribution in [-0.4, -0.2) is 39.5 Å². The van der Waals surface area contributed by atoms with Gasteiger partial charge in [0.15, 0.2) is 0 Å². The minimum Gasteiger partial charge on any atom is -0.497 e. The maximum atomic E-state index is 5.88. The van der Waals surface area contributed by atoms with Crippen molar-refractivity contribution >= 4 is 0 Å². The van der Waals surface area contributed by atoms with E-state index in [4.69, 9.17) is 14.2 Å². The summed E-state index contributed by atoms with van der Waals surface area (Å²) in [4.78, 5) is 0. The lowest BCUT2D eigenvalue weighted by Crippen LogP contribution is -2.36. The Morgan fingerprint density at radius 3 is 2.63 bits per heavy atom. The van der Waals surface area contributed by atoms with Gasteiger partial charge in [-0.15, -0.1) is 0 Å². The van der Waals surface area contributed by atoms with E-state index in [1.54, 1.807) is 14.2 Å². The maximum absolute atomic E-state index is 5.88. The van der Waals surface area contributed by atoms with E-state index in [0.29, 0.717) is 19.3 Å². The smallest absolute Gasteiger partial charge is 0.119 e. The van der Waals surface area contributed by atoms with Crippen LogP contribution in [0.25, 0.3) is 0 Å². The molecule has 0 heterocycles. The molecule has 1 atom stereocenters. The summed E-state index contributed by atoms with van der Waals surface area (Å²) in [5.74, 6) is 0.852. The summed E-state index contributed by atoms with van der Waals surface area (Å²) < 4.78 is 16.3. The lowest BCUT2D eigenvalue weighted by molar-refractivity contribution is -0.0110. The van der Waals surface area contributed by atoms with E-state index < -0.39 is 0 Å². The van der Waals surface area contributed by atoms with Crippen LogP contribution in [0, 0.1) is 0 Å². The first-order valence-corrected chi connectivity index (χ1v) is 6.62. The lowest BCUT2D eigenvalue weighted by atomic mass is 10.2. The lowest BCUT2D eigenvalue weighted by Gasteiger charge is -2.19. The van der Waals surface area contributed by atoms with Crippen molar-refractivity contribution in [2.45, 2.75) is 32.6 Å². The quantitative estimate of drug-likeness (QED) is 0.745. The fraction of sp³-hybridized carbons (Fsp3) is 0.600. The van der Waals surface area contributed by atoms with Crippen molar-refractivity contribution in [2.24, 2.45) is 0 Å². The Bertz CT molecular complexity index is 355. The number of benzene rings is 1. The molecular formula is C15H25NO3. The average Bonchev–Trinajstić information content (AvgIpc) is 2.42. The molecular weight excluding hydrogens is 242 g/mol. The molecule has 0 saturated heterocycles. The summed E-state index contributed by atoms with van der Waals surface area (Å²) in [6, 6.07) is 8.35. The highest BCUT2D eigenvalue weighted by Gasteiger charge is 2.10. The van der Waals surface area contributed by atoms with Crippen LogP contribution in [-0.2, 0) is 16.1 Å². The molecule has 0 aliphatic rings. The first-order chi connectivity index (χ1) is 9.15. The normalized spacial score (nSPS) is 12.7. The summed E-state index contributed by atoms with van der Waals surface area (Å²) in [5.41, 5.74) is 1.10. The summed E-state index contributed by atoms with van der Waals surface area (Å²) >= 11 is 0. The van der Waals surface area contributed by atoms with Gasteiger partial charge in [0, 0.05) is 19.7 Å². The van der Waals surface area contributed by atoms with Gasteiger partial charge in [0.25, 0.3) is 0 Å². The Morgan fingerprint density at radius 2 is 2.00 bits per heavy atom. The molecule has 0 saturated carbocycles.